The summed E-state index contributed by atoms with van der Waals surface area (Å²) >= 11 is 0. The quantitative estimate of drug-likeness (QED) is 0.370. The molecule has 0 radical (unpaired) electrons. The maximum absolute atomic E-state index is 5.17. The molecule has 164 valence electrons. The monoisotopic (exact) mass is 418 g/mol. The van der Waals surface area contributed by atoms with Crippen LogP contribution in [-0.4, -0.2) is 29.1 Å². The zero-order chi connectivity index (χ0) is 22.3. The molecule has 6 heteroatoms. The third-order valence-corrected chi connectivity index (χ3v) is 6.42. The molecule has 0 saturated carbocycles. The third kappa shape index (κ3) is 3.52. The van der Waals surface area contributed by atoms with Gasteiger partial charge in [-0.3, -0.25) is 0 Å². The minimum atomic E-state index is 0.322. The van der Waals surface area contributed by atoms with E-state index in [0.717, 1.165) is 70.7 Å². The first-order chi connectivity index (χ1) is 14.9. The molecule has 0 spiro atoms. The lowest BCUT2D eigenvalue weighted by Crippen LogP contribution is -2.05. The molecule has 4 aromatic heterocycles. The smallest absolute Gasteiger partial charge is 0.160 e. The Balaban J connectivity index is 1.97. The molecule has 0 bridgehead atoms. The average molecular weight is 419 g/mol. The van der Waals surface area contributed by atoms with Crippen molar-refractivity contribution in [2.45, 2.75) is 79.2 Å². The van der Waals surface area contributed by atoms with Gasteiger partial charge in [-0.2, -0.15) is 0 Å². The first-order valence-corrected chi connectivity index (χ1v) is 11.7. The molecule has 0 fully saturated rings. The Morgan fingerprint density at radius 3 is 2.23 bits per heavy atom. The zero-order valence-corrected chi connectivity index (χ0v) is 19.9. The van der Waals surface area contributed by atoms with Gasteiger partial charge in [-0.05, 0) is 51.5 Å². The molecule has 0 aliphatic rings. The van der Waals surface area contributed by atoms with E-state index in [0.29, 0.717) is 12.0 Å². The molecular formula is C25H34N6. The van der Waals surface area contributed by atoms with E-state index in [4.69, 9.17) is 15.0 Å². The van der Waals surface area contributed by atoms with E-state index in [1.165, 1.54) is 5.56 Å². The van der Waals surface area contributed by atoms with Crippen LogP contribution < -0.4 is 0 Å². The summed E-state index contributed by atoms with van der Waals surface area (Å²) in [6.45, 7) is 13.1. The molecule has 0 atom stereocenters. The molecular weight excluding hydrogens is 384 g/mol. The van der Waals surface area contributed by atoms with Crippen LogP contribution in [0.3, 0.4) is 0 Å². The Morgan fingerprint density at radius 1 is 0.903 bits per heavy atom. The molecule has 4 heterocycles. The van der Waals surface area contributed by atoms with Crippen molar-refractivity contribution in [2.75, 3.05) is 0 Å². The van der Waals surface area contributed by atoms with E-state index in [2.05, 4.69) is 75.0 Å². The molecule has 0 aromatic carbocycles. The van der Waals surface area contributed by atoms with Crippen LogP contribution in [-0.2, 0) is 19.9 Å². The summed E-state index contributed by atoms with van der Waals surface area (Å²) in [5, 5.41) is 0. The number of aromatic nitrogens is 6. The van der Waals surface area contributed by atoms with Crippen molar-refractivity contribution in [3.05, 3.63) is 35.5 Å². The van der Waals surface area contributed by atoms with E-state index >= 15 is 0 Å². The number of nitrogens with zero attached hydrogens (tertiary/aromatic N) is 6. The molecule has 0 unspecified atom stereocenters. The molecule has 31 heavy (non-hydrogen) atoms. The molecule has 4 rings (SSSR count). The molecule has 0 saturated heterocycles. The number of fused-ring (bicyclic) bond motifs is 2. The number of pyridine rings is 1. The largest absolute Gasteiger partial charge is 0.334 e. The Kier molecular flexibility index (Phi) is 5.82. The molecule has 0 N–H and O–H groups in total. The highest BCUT2D eigenvalue weighted by atomic mass is 15.1. The summed E-state index contributed by atoms with van der Waals surface area (Å²) < 4.78 is 4.26. The van der Waals surface area contributed by atoms with E-state index in [1.807, 2.05) is 6.33 Å². The summed E-state index contributed by atoms with van der Waals surface area (Å²) in [6.07, 6.45) is 8.00. The van der Waals surface area contributed by atoms with Crippen LogP contribution in [0.5, 0.6) is 0 Å². The van der Waals surface area contributed by atoms with Crippen molar-refractivity contribution in [3.63, 3.8) is 0 Å². The highest BCUT2D eigenvalue weighted by Crippen LogP contribution is 2.34. The van der Waals surface area contributed by atoms with Crippen molar-refractivity contribution in [1.82, 2.24) is 29.1 Å². The minimum Gasteiger partial charge on any atom is -0.334 e. The summed E-state index contributed by atoms with van der Waals surface area (Å²) in [5.41, 5.74) is 9.25. The number of aryl methyl sites for hydroxylation is 3. The van der Waals surface area contributed by atoms with Crippen LogP contribution in [0.4, 0.5) is 0 Å². The minimum absolute atomic E-state index is 0.322. The van der Waals surface area contributed by atoms with Gasteiger partial charge in [0.2, 0.25) is 0 Å². The Labute approximate surface area is 184 Å². The van der Waals surface area contributed by atoms with E-state index in [-0.39, 0.29) is 0 Å². The van der Waals surface area contributed by atoms with Crippen molar-refractivity contribution in [3.8, 4) is 11.3 Å². The lowest BCUT2D eigenvalue weighted by Gasteiger charge is -2.14. The number of rotatable bonds is 7. The summed E-state index contributed by atoms with van der Waals surface area (Å²) in [5.74, 6) is 0.512. The standard InChI is InChI=1S/C25H34N6/c1-8-16(9-2)18-13-30(7)25-23(18)27-20(11-4)22(29-25)17-12-21-24(28-19(17)10-3)31(14-26-21)15(5)6/h12-16H,8-11H2,1-7H3. The predicted molar refractivity (Wildman–Crippen MR) is 127 cm³/mol. The second-order valence-corrected chi connectivity index (χ2v) is 8.68. The number of imidazole rings is 1. The highest BCUT2D eigenvalue weighted by molar-refractivity contribution is 5.84. The molecule has 0 amide bonds. The fraction of sp³-hybridized carbons (Fsp3) is 0.520. The van der Waals surface area contributed by atoms with Gasteiger partial charge in [0, 0.05) is 30.4 Å². The molecule has 0 aliphatic carbocycles. The van der Waals surface area contributed by atoms with E-state index in [9.17, 15) is 0 Å². The number of hydrogen-bond acceptors (Lipinski definition) is 4. The Hall–Kier alpha value is -2.76. The SMILES string of the molecule is CCc1nc2c(cc1-c1nc3c(nc1CC)c(C(CC)CC)cn3C)ncn2C(C)C. The molecule has 0 aliphatic heterocycles. The van der Waals surface area contributed by atoms with Gasteiger partial charge in [0.05, 0.1) is 23.4 Å². The van der Waals surface area contributed by atoms with Gasteiger partial charge in [-0.25, -0.2) is 19.9 Å². The highest BCUT2D eigenvalue weighted by Gasteiger charge is 2.22. The van der Waals surface area contributed by atoms with E-state index in [1.54, 1.807) is 0 Å². The zero-order valence-electron chi connectivity index (χ0n) is 19.9. The maximum atomic E-state index is 5.17. The van der Waals surface area contributed by atoms with Gasteiger partial charge in [0.15, 0.2) is 11.3 Å². The van der Waals surface area contributed by atoms with Crippen LogP contribution in [0.25, 0.3) is 33.6 Å². The maximum Gasteiger partial charge on any atom is 0.160 e. The summed E-state index contributed by atoms with van der Waals surface area (Å²) in [6, 6.07) is 2.47. The van der Waals surface area contributed by atoms with Crippen LogP contribution >= 0.6 is 0 Å². The Morgan fingerprint density at radius 2 is 1.61 bits per heavy atom. The van der Waals surface area contributed by atoms with Crippen molar-refractivity contribution in [2.24, 2.45) is 7.05 Å². The lowest BCUT2D eigenvalue weighted by atomic mass is 9.95. The Bertz CT molecular complexity index is 1230. The third-order valence-electron chi connectivity index (χ3n) is 6.42. The van der Waals surface area contributed by atoms with Crippen LogP contribution in [0, 0.1) is 0 Å². The van der Waals surface area contributed by atoms with E-state index < -0.39 is 0 Å². The summed E-state index contributed by atoms with van der Waals surface area (Å²) in [7, 11) is 2.07. The van der Waals surface area contributed by atoms with Gasteiger partial charge < -0.3 is 9.13 Å². The first-order valence-electron chi connectivity index (χ1n) is 11.7. The van der Waals surface area contributed by atoms with Crippen molar-refractivity contribution in [1.29, 1.82) is 0 Å². The van der Waals surface area contributed by atoms with Gasteiger partial charge in [0.25, 0.3) is 0 Å². The second-order valence-electron chi connectivity index (χ2n) is 8.68. The van der Waals surface area contributed by atoms with Crippen molar-refractivity contribution >= 4 is 22.3 Å². The van der Waals surface area contributed by atoms with Crippen molar-refractivity contribution < 1.29 is 0 Å². The average Bonchev–Trinajstić information content (AvgIpc) is 3.33. The van der Waals surface area contributed by atoms with Gasteiger partial charge >= 0.3 is 0 Å². The van der Waals surface area contributed by atoms with Crippen LogP contribution in [0.15, 0.2) is 18.6 Å². The second kappa shape index (κ2) is 8.40. The molecule has 4 aromatic rings. The number of hydrogen-bond donors (Lipinski definition) is 0. The van der Waals surface area contributed by atoms with Gasteiger partial charge in [0.1, 0.15) is 11.0 Å². The molecule has 6 nitrogen and oxygen atoms in total. The van der Waals surface area contributed by atoms with Crippen LogP contribution in [0.2, 0.25) is 0 Å². The van der Waals surface area contributed by atoms with Crippen LogP contribution in [0.1, 0.15) is 83.3 Å². The van der Waals surface area contributed by atoms with Gasteiger partial charge in [-0.1, -0.05) is 27.7 Å². The predicted octanol–water partition coefficient (Wildman–Crippen LogP) is 5.99. The fourth-order valence-electron chi connectivity index (χ4n) is 4.57. The normalized spacial score (nSPS) is 12.2. The lowest BCUT2D eigenvalue weighted by molar-refractivity contribution is 0.612. The van der Waals surface area contributed by atoms with Gasteiger partial charge in [-0.15, -0.1) is 0 Å². The fourth-order valence-corrected chi connectivity index (χ4v) is 4.57. The topological polar surface area (TPSA) is 61.4 Å². The summed E-state index contributed by atoms with van der Waals surface area (Å²) in [4.78, 5) is 20.0. The first kappa shape index (κ1) is 21.5.